The molecule has 0 aromatic carbocycles. The first kappa shape index (κ1) is 30.7. The van der Waals surface area contributed by atoms with Crippen molar-refractivity contribution in [2.75, 3.05) is 26.2 Å². The lowest BCUT2D eigenvalue weighted by Gasteiger charge is -2.20. The van der Waals surface area contributed by atoms with Crippen molar-refractivity contribution in [1.82, 2.24) is 9.13 Å². The minimum absolute atomic E-state index is 0.192. The van der Waals surface area contributed by atoms with E-state index in [0.717, 1.165) is 6.42 Å². The number of rotatable bonds is 13. The quantitative estimate of drug-likeness (QED) is 0.0935. The summed E-state index contributed by atoms with van der Waals surface area (Å²) in [5.74, 6) is 19.2. The number of nitrogens with two attached hydrogens (primary N) is 4. The Labute approximate surface area is 222 Å². The molecule has 0 saturated carbocycles. The zero-order chi connectivity index (χ0) is 26.8. The summed E-state index contributed by atoms with van der Waals surface area (Å²) in [4.78, 5) is 12.1. The van der Waals surface area contributed by atoms with E-state index in [1.54, 1.807) is 22.9 Å². The van der Waals surface area contributed by atoms with Crippen LogP contribution in [0.2, 0.25) is 0 Å². The van der Waals surface area contributed by atoms with Gasteiger partial charge in [-0.1, -0.05) is 55.7 Å². The van der Waals surface area contributed by atoms with E-state index in [1.165, 1.54) is 0 Å². The molecular weight excluding hydrogens is 535 g/mol. The highest BCUT2D eigenvalue weighted by molar-refractivity contribution is 6.77. The van der Waals surface area contributed by atoms with Crippen LogP contribution in [-0.2, 0) is 0 Å². The fourth-order valence-electron chi connectivity index (χ4n) is 3.11. The second-order valence-electron chi connectivity index (χ2n) is 6.98. The van der Waals surface area contributed by atoms with E-state index >= 15 is 0 Å². The third kappa shape index (κ3) is 11.0. The van der Waals surface area contributed by atoms with E-state index in [1.807, 2.05) is 29.1 Å². The average Bonchev–Trinajstić information content (AvgIpc) is 3.55. The maximum absolute atomic E-state index is 12.1. The van der Waals surface area contributed by atoms with Gasteiger partial charge in [-0.15, -0.1) is 0 Å². The summed E-state index contributed by atoms with van der Waals surface area (Å²) < 4.78 is 1.65. The lowest BCUT2D eigenvalue weighted by Crippen LogP contribution is -2.25. The van der Waals surface area contributed by atoms with E-state index in [-0.39, 0.29) is 24.3 Å². The van der Waals surface area contributed by atoms with Gasteiger partial charge < -0.3 is 32.5 Å². The largest absolute Gasteiger partial charge is 0.349 e. The third-order valence-electron chi connectivity index (χ3n) is 4.75. The fraction of sp³-hybridized carbons (Fsp3) is 0.500. The molecule has 2 aromatic rings. The molecule has 0 amide bonds. The molecule has 0 fully saturated rings. The molecule has 0 saturated heterocycles. The van der Waals surface area contributed by atoms with Gasteiger partial charge in [0.1, 0.15) is 0 Å². The second-order valence-corrected chi connectivity index (χ2v) is 9.26. The van der Waals surface area contributed by atoms with Crippen LogP contribution in [-0.4, -0.2) is 44.9 Å². The number of carbonyl (C=O) groups is 1. The monoisotopic (exact) mass is 562 g/mol. The number of alkyl halides is 3. The molecule has 2 rings (SSSR count). The fourth-order valence-corrected chi connectivity index (χ4v) is 3.40. The zero-order valence-electron chi connectivity index (χ0n) is 19.3. The molecule has 0 aliphatic rings. The van der Waals surface area contributed by atoms with Crippen molar-refractivity contribution in [1.29, 1.82) is 0 Å². The Hall–Kier alpha value is -3.30. The van der Waals surface area contributed by atoms with Crippen molar-refractivity contribution in [3.8, 4) is 0 Å². The minimum atomic E-state index is -2.03. The van der Waals surface area contributed by atoms with E-state index in [2.05, 4.69) is 41.4 Å². The van der Waals surface area contributed by atoms with Gasteiger partial charge in [0.25, 0.3) is 3.79 Å². The molecule has 0 aliphatic carbocycles. The van der Waals surface area contributed by atoms with Crippen LogP contribution in [0.1, 0.15) is 35.4 Å². The Balaban J connectivity index is 0.000000381. The molecule has 2 aromatic heterocycles. The van der Waals surface area contributed by atoms with Crippen LogP contribution < -0.4 is 23.4 Å². The number of halogens is 3. The molecule has 198 valence electrons. The molecule has 0 bridgehead atoms. The molecule has 2 atom stereocenters. The Morgan fingerprint density at radius 2 is 1.28 bits per heavy atom. The summed E-state index contributed by atoms with van der Waals surface area (Å²) in [5, 5.41) is 27.7. The van der Waals surface area contributed by atoms with Crippen molar-refractivity contribution in [3.05, 3.63) is 48.5 Å². The minimum Gasteiger partial charge on any atom is -0.349 e. The summed E-state index contributed by atoms with van der Waals surface area (Å²) >= 11 is 16.9. The standard InChI is InChI=1S/C10H14Cl3N7O.C8H15N7/c11-10(12,13)9(21)8-2-1-5-20(8)7(6-17-19-15)3-4-16-18-14;9-13-11-4-3-8(7-12-14-10)15-5-1-2-6-15/h1-2,5,7H,3-4,6H2,(H2,14,16)(H2,15,17);1-2,5-6,8H,3-4,7H2,(H2,9,11)(H2,10,12)/t7-;8-/m00/s1. The van der Waals surface area contributed by atoms with Crippen molar-refractivity contribution in [2.45, 2.75) is 28.7 Å². The van der Waals surface area contributed by atoms with E-state index in [0.29, 0.717) is 26.1 Å². The average molecular weight is 564 g/mol. The van der Waals surface area contributed by atoms with Gasteiger partial charge in [0, 0.05) is 18.6 Å². The zero-order valence-corrected chi connectivity index (χ0v) is 21.5. The number of Topliss-reactive ketones (excluding diaryl/α,β-unsaturated/α-hetero) is 1. The lowest BCUT2D eigenvalue weighted by atomic mass is 10.2. The summed E-state index contributed by atoms with van der Waals surface area (Å²) in [5.41, 5.74) is 0.247. The summed E-state index contributed by atoms with van der Waals surface area (Å²) in [6, 6.07) is 7.08. The maximum atomic E-state index is 12.1. The highest BCUT2D eigenvalue weighted by Crippen LogP contribution is 2.31. The van der Waals surface area contributed by atoms with Crippen LogP contribution in [0.25, 0.3) is 0 Å². The van der Waals surface area contributed by atoms with Crippen molar-refractivity contribution >= 4 is 40.6 Å². The Kier molecular flexibility index (Phi) is 14.7. The number of carbonyl (C=O) groups excluding carboxylic acids is 1. The SMILES string of the molecule is NN=NCC[C@@H](CN=NN)n1cccc1.NN=NCC[C@@H](CN=NN)n1cccc1C(=O)C(Cl)(Cl)Cl. The summed E-state index contributed by atoms with van der Waals surface area (Å²) in [6.07, 6.45) is 6.93. The van der Waals surface area contributed by atoms with Crippen molar-refractivity contribution in [3.63, 3.8) is 0 Å². The molecule has 36 heavy (non-hydrogen) atoms. The maximum Gasteiger partial charge on any atom is 0.255 e. The van der Waals surface area contributed by atoms with Crippen molar-refractivity contribution in [2.24, 2.45) is 64.7 Å². The predicted molar refractivity (Wildman–Crippen MR) is 136 cm³/mol. The normalized spacial score (nSPS) is 14.0. The van der Waals surface area contributed by atoms with Gasteiger partial charge in [0.15, 0.2) is 0 Å². The molecule has 2 heterocycles. The topological polar surface area (TPSA) is 230 Å². The first-order valence-corrected chi connectivity index (χ1v) is 11.6. The van der Waals surface area contributed by atoms with Gasteiger partial charge in [-0.25, -0.2) is 0 Å². The van der Waals surface area contributed by atoms with E-state index in [9.17, 15) is 4.79 Å². The molecule has 0 unspecified atom stereocenters. The van der Waals surface area contributed by atoms with Gasteiger partial charge >= 0.3 is 0 Å². The van der Waals surface area contributed by atoms with Crippen LogP contribution in [0.3, 0.4) is 0 Å². The molecular formula is C18H29Cl3N14O. The van der Waals surface area contributed by atoms with Gasteiger partial charge in [0.05, 0.1) is 44.0 Å². The highest BCUT2D eigenvalue weighted by Gasteiger charge is 2.34. The summed E-state index contributed by atoms with van der Waals surface area (Å²) in [7, 11) is 0. The highest BCUT2D eigenvalue weighted by atomic mass is 35.6. The number of hydrogen-bond acceptors (Lipinski definition) is 9. The molecule has 18 heteroatoms. The van der Waals surface area contributed by atoms with Crippen LogP contribution in [0, 0.1) is 0 Å². The first-order valence-electron chi connectivity index (χ1n) is 10.5. The van der Waals surface area contributed by atoms with Crippen molar-refractivity contribution < 1.29 is 4.79 Å². The van der Waals surface area contributed by atoms with Gasteiger partial charge in [-0.3, -0.25) is 4.79 Å². The first-order chi connectivity index (χ1) is 17.3. The number of ketones is 1. The molecule has 0 aliphatic heterocycles. The van der Waals surface area contributed by atoms with E-state index in [4.69, 9.17) is 58.2 Å². The predicted octanol–water partition coefficient (Wildman–Crippen LogP) is 3.70. The van der Waals surface area contributed by atoms with Gasteiger partial charge in [-0.05, 0) is 37.1 Å². The van der Waals surface area contributed by atoms with Gasteiger partial charge in [0.2, 0.25) is 5.78 Å². The molecule has 15 nitrogen and oxygen atoms in total. The molecule has 0 spiro atoms. The third-order valence-corrected chi connectivity index (χ3v) is 5.26. The molecule has 8 N–H and O–H groups in total. The number of aromatic nitrogens is 2. The van der Waals surface area contributed by atoms with Gasteiger partial charge in [-0.2, -0.15) is 20.5 Å². The lowest BCUT2D eigenvalue weighted by molar-refractivity contribution is 0.0985. The summed E-state index contributed by atoms with van der Waals surface area (Å²) in [6.45, 7) is 1.69. The smallest absolute Gasteiger partial charge is 0.255 e. The van der Waals surface area contributed by atoms with Crippen LogP contribution >= 0.6 is 34.8 Å². The van der Waals surface area contributed by atoms with E-state index < -0.39 is 9.58 Å². The Morgan fingerprint density at radius 3 is 1.78 bits per heavy atom. The van der Waals surface area contributed by atoms with Crippen LogP contribution in [0.15, 0.2) is 84.2 Å². The van der Waals surface area contributed by atoms with Crippen LogP contribution in [0.5, 0.6) is 0 Å². The second kappa shape index (κ2) is 17.2. The number of hydrogen-bond donors (Lipinski definition) is 4. The Morgan fingerprint density at radius 1 is 0.778 bits per heavy atom. The Bertz CT molecular complexity index is 984. The number of nitrogens with zero attached hydrogens (tertiary/aromatic N) is 10. The van der Waals surface area contributed by atoms with Crippen LogP contribution in [0.4, 0.5) is 0 Å². The molecule has 0 radical (unpaired) electrons.